The highest BCUT2D eigenvalue weighted by Crippen LogP contribution is 2.94. The van der Waals surface area contributed by atoms with Crippen LogP contribution in [0.5, 0.6) is 0 Å². The van der Waals surface area contributed by atoms with Gasteiger partial charge >= 0.3 is 0 Å². The SMILES string of the molecule is CC1CCC2CC1(C1(C)CCC3CC1([C@]14CC(CCC1C)C4(C)C)C3(C)C)C2(C)C. The van der Waals surface area contributed by atoms with Crippen LogP contribution >= 0.6 is 0 Å². The predicted octanol–water partition coefficient (Wildman–Crippen LogP) is 8.74. The topological polar surface area (TPSA) is 0 Å². The lowest BCUT2D eigenvalue weighted by molar-refractivity contribution is -0.441. The lowest BCUT2D eigenvalue weighted by atomic mass is 9.12. The first-order valence-corrected chi connectivity index (χ1v) is 13.8. The molecular formula is C30H50. The zero-order chi connectivity index (χ0) is 21.8. The van der Waals surface area contributed by atoms with Crippen LogP contribution in [0.4, 0.5) is 0 Å². The number of rotatable bonds is 2. The highest BCUT2D eigenvalue weighted by molar-refractivity contribution is 5.36. The molecule has 0 nitrogen and oxygen atoms in total. The molecule has 170 valence electrons. The van der Waals surface area contributed by atoms with Crippen molar-refractivity contribution in [3.8, 4) is 0 Å². The van der Waals surface area contributed by atoms with Crippen LogP contribution in [0.2, 0.25) is 0 Å². The zero-order valence-corrected chi connectivity index (χ0v) is 21.8. The largest absolute Gasteiger partial charge is 0.0619 e. The van der Waals surface area contributed by atoms with E-state index in [2.05, 4.69) is 62.3 Å². The molecule has 0 spiro atoms. The first-order valence-electron chi connectivity index (χ1n) is 13.8. The highest BCUT2D eigenvalue weighted by Gasteiger charge is 2.88. The molecule has 9 rings (SSSR count). The van der Waals surface area contributed by atoms with Crippen LogP contribution < -0.4 is 0 Å². The summed E-state index contributed by atoms with van der Waals surface area (Å²) >= 11 is 0. The fraction of sp³-hybridized carbons (Fsp3) is 1.00. The van der Waals surface area contributed by atoms with Crippen molar-refractivity contribution >= 4 is 0 Å². The lowest BCUT2D eigenvalue weighted by Gasteiger charge is -2.92. The third-order valence-electron chi connectivity index (χ3n) is 15.4. The minimum absolute atomic E-state index is 0.506. The maximum atomic E-state index is 2.89. The predicted molar refractivity (Wildman–Crippen MR) is 127 cm³/mol. The average Bonchev–Trinajstić information content (AvgIpc) is 2.67. The van der Waals surface area contributed by atoms with Gasteiger partial charge in [-0.25, -0.2) is 0 Å². The molecule has 0 aromatic heterocycles. The zero-order valence-electron chi connectivity index (χ0n) is 21.8. The molecule has 0 radical (unpaired) electrons. The second-order valence-electron chi connectivity index (χ2n) is 15.5. The van der Waals surface area contributed by atoms with E-state index in [4.69, 9.17) is 0 Å². The van der Waals surface area contributed by atoms with Gasteiger partial charge in [0.15, 0.2) is 0 Å². The van der Waals surface area contributed by atoms with Gasteiger partial charge in [0.2, 0.25) is 0 Å². The Labute approximate surface area is 187 Å². The third kappa shape index (κ3) is 1.54. The molecule has 0 heteroatoms. The van der Waals surface area contributed by atoms with Crippen molar-refractivity contribution in [2.75, 3.05) is 0 Å². The summed E-state index contributed by atoms with van der Waals surface area (Å²) in [7, 11) is 0. The molecule has 9 atom stereocenters. The standard InChI is InChI=1S/C30H50/c1-19-10-12-21-16-28(19,24(21,3)4)27(9)15-14-23-18-30(27,26(23,7)8)29-17-22(25(29,5)6)13-11-20(29)2/h19-23H,10-18H2,1-9H3/t19?,20?,21?,22?,23?,27?,28?,29-,30?/m1/s1. The van der Waals surface area contributed by atoms with Gasteiger partial charge in [0.1, 0.15) is 0 Å². The van der Waals surface area contributed by atoms with Crippen molar-refractivity contribution in [3.63, 3.8) is 0 Å². The van der Waals surface area contributed by atoms with E-state index in [0.717, 1.165) is 29.6 Å². The Balaban J connectivity index is 1.61. The van der Waals surface area contributed by atoms with Crippen LogP contribution in [0.15, 0.2) is 0 Å². The van der Waals surface area contributed by atoms with E-state index in [1.54, 1.807) is 19.3 Å². The molecule has 0 aliphatic heterocycles. The van der Waals surface area contributed by atoms with E-state index in [9.17, 15) is 0 Å². The Morgan fingerprint density at radius 2 is 0.967 bits per heavy atom. The summed E-state index contributed by atoms with van der Waals surface area (Å²) in [4.78, 5) is 0. The molecule has 9 fully saturated rings. The van der Waals surface area contributed by atoms with Gasteiger partial charge in [0.25, 0.3) is 0 Å². The molecule has 0 saturated heterocycles. The molecule has 0 aromatic carbocycles. The Morgan fingerprint density at radius 1 is 0.500 bits per heavy atom. The van der Waals surface area contributed by atoms with Gasteiger partial charge < -0.3 is 0 Å². The van der Waals surface area contributed by atoms with Gasteiger partial charge in [0.05, 0.1) is 0 Å². The smallest absolute Gasteiger partial charge is 0.0117 e. The van der Waals surface area contributed by atoms with Crippen LogP contribution in [0.25, 0.3) is 0 Å². The highest BCUT2D eigenvalue weighted by atomic mass is 14.9. The Kier molecular flexibility index (Phi) is 3.58. The molecule has 9 aliphatic rings. The molecule has 0 aromatic rings. The van der Waals surface area contributed by atoms with E-state index >= 15 is 0 Å². The van der Waals surface area contributed by atoms with Gasteiger partial charge in [-0.3, -0.25) is 0 Å². The van der Waals surface area contributed by atoms with Crippen LogP contribution in [0.3, 0.4) is 0 Å². The van der Waals surface area contributed by atoms with E-state index in [1.165, 1.54) is 38.5 Å². The minimum Gasteiger partial charge on any atom is -0.0619 e. The average molecular weight is 411 g/mol. The van der Waals surface area contributed by atoms with Gasteiger partial charge in [-0.1, -0.05) is 62.3 Å². The summed E-state index contributed by atoms with van der Waals surface area (Å²) in [5.74, 6) is 4.78. The minimum atomic E-state index is 0.506. The lowest BCUT2D eigenvalue weighted by Crippen LogP contribution is -2.86. The monoisotopic (exact) mass is 410 g/mol. The quantitative estimate of drug-likeness (QED) is 0.427. The molecule has 30 heavy (non-hydrogen) atoms. The molecular weight excluding hydrogens is 360 g/mol. The number of fused-ring (bicyclic) bond motifs is 6. The summed E-state index contributed by atoms with van der Waals surface area (Å²) in [6.45, 7) is 24.7. The van der Waals surface area contributed by atoms with E-state index in [0.29, 0.717) is 37.9 Å². The first-order chi connectivity index (χ1) is 13.8. The first kappa shape index (κ1) is 20.6. The summed E-state index contributed by atoms with van der Waals surface area (Å²) in [6, 6.07) is 0. The fourth-order valence-electron chi connectivity index (χ4n) is 13.9. The van der Waals surface area contributed by atoms with Crippen molar-refractivity contribution in [3.05, 3.63) is 0 Å². The molecule has 0 amide bonds. The van der Waals surface area contributed by atoms with Crippen molar-refractivity contribution in [2.45, 2.75) is 120 Å². The number of hydrogen-bond acceptors (Lipinski definition) is 0. The van der Waals surface area contributed by atoms with Crippen LogP contribution in [0.1, 0.15) is 120 Å². The molecule has 0 heterocycles. The van der Waals surface area contributed by atoms with Crippen molar-refractivity contribution < 1.29 is 0 Å². The maximum absolute atomic E-state index is 2.89. The second-order valence-corrected chi connectivity index (χ2v) is 15.5. The van der Waals surface area contributed by atoms with Crippen molar-refractivity contribution in [1.82, 2.24) is 0 Å². The van der Waals surface area contributed by atoms with Crippen LogP contribution in [-0.2, 0) is 0 Å². The summed E-state index contributed by atoms with van der Waals surface area (Å²) < 4.78 is 0. The van der Waals surface area contributed by atoms with Crippen LogP contribution in [-0.4, -0.2) is 0 Å². The van der Waals surface area contributed by atoms with E-state index in [-0.39, 0.29) is 0 Å². The Bertz CT molecular complexity index is 786. The summed E-state index contributed by atoms with van der Waals surface area (Å²) in [5.41, 5.74) is 3.78. The summed E-state index contributed by atoms with van der Waals surface area (Å²) in [5, 5.41) is 0. The van der Waals surface area contributed by atoms with Crippen molar-refractivity contribution in [1.29, 1.82) is 0 Å². The second kappa shape index (κ2) is 5.22. The Hall–Kier alpha value is 0. The summed E-state index contributed by atoms with van der Waals surface area (Å²) in [6.07, 6.45) is 13.7. The third-order valence-corrected chi connectivity index (χ3v) is 15.4. The van der Waals surface area contributed by atoms with Gasteiger partial charge in [-0.15, -0.1) is 0 Å². The molecule has 9 aliphatic carbocycles. The van der Waals surface area contributed by atoms with Gasteiger partial charge in [-0.2, -0.15) is 0 Å². The molecule has 6 bridgehead atoms. The molecule has 0 N–H and O–H groups in total. The fourth-order valence-corrected chi connectivity index (χ4v) is 13.9. The van der Waals surface area contributed by atoms with Crippen LogP contribution in [0, 0.1) is 67.5 Å². The van der Waals surface area contributed by atoms with Gasteiger partial charge in [0, 0.05) is 0 Å². The van der Waals surface area contributed by atoms with E-state index < -0.39 is 0 Å². The van der Waals surface area contributed by atoms with Crippen molar-refractivity contribution in [2.24, 2.45) is 67.5 Å². The van der Waals surface area contributed by atoms with Gasteiger partial charge in [-0.05, 0) is 125 Å². The molecule has 9 saturated carbocycles. The molecule has 8 unspecified atom stereocenters. The number of hydrogen-bond donors (Lipinski definition) is 0. The van der Waals surface area contributed by atoms with E-state index in [1.807, 2.05) is 0 Å². The maximum Gasteiger partial charge on any atom is -0.0117 e. The Morgan fingerprint density at radius 3 is 1.40 bits per heavy atom. The normalized spacial score (nSPS) is 61.3.